The van der Waals surface area contributed by atoms with Crippen LogP contribution in [0.25, 0.3) is 50.3 Å². The molecule has 0 aliphatic heterocycles. The molecule has 0 amide bonds. The van der Waals surface area contributed by atoms with E-state index in [2.05, 4.69) is 61.3 Å². The van der Waals surface area contributed by atoms with Crippen molar-refractivity contribution in [3.05, 3.63) is 145 Å². The Morgan fingerprint density at radius 2 is 1.04 bits per heavy atom. The Hall–Kier alpha value is -5.03. The second kappa shape index (κ2) is 14.6. The molecule has 10 heteroatoms. The monoisotopic (exact) mass is 998 g/mol. The van der Waals surface area contributed by atoms with Crippen LogP contribution in [0.3, 0.4) is 0 Å². The van der Waals surface area contributed by atoms with Crippen LogP contribution in [0.2, 0.25) is 0 Å². The molecular weight excluding hydrogens is 975 g/mol. The van der Waals surface area contributed by atoms with Gasteiger partial charge >= 0.3 is 42.1 Å². The Morgan fingerprint density at radius 1 is 0.551 bits per heavy atom. The second-order valence-electron chi connectivity index (χ2n) is 10.9. The summed E-state index contributed by atoms with van der Waals surface area (Å²) >= 11 is 0. The van der Waals surface area contributed by atoms with Gasteiger partial charge in [0.05, 0.1) is 0 Å². The van der Waals surface area contributed by atoms with Crippen LogP contribution in [-0.4, -0.2) is 29.5 Å². The van der Waals surface area contributed by atoms with Crippen LogP contribution in [-0.2, 0) is 42.1 Å². The zero-order valence-corrected chi connectivity index (χ0v) is 30.6. The van der Waals surface area contributed by atoms with Gasteiger partial charge in [-0.05, 0) is 23.5 Å². The molecule has 0 saturated heterocycles. The molecule has 0 bridgehead atoms. The van der Waals surface area contributed by atoms with Crippen molar-refractivity contribution >= 4 is 21.8 Å². The molecule has 4 aromatic carbocycles. The van der Waals surface area contributed by atoms with Crippen LogP contribution in [0.15, 0.2) is 110 Å². The number of fused-ring (bicyclic) bond motifs is 3. The molecule has 4 aromatic heterocycles. The Balaban J connectivity index is 0.00000208. The van der Waals surface area contributed by atoms with E-state index in [0.29, 0.717) is 28.9 Å². The molecule has 8 rings (SSSR count). The van der Waals surface area contributed by atoms with E-state index in [1.807, 2.05) is 91.2 Å². The Bertz CT molecular complexity index is 2240. The van der Waals surface area contributed by atoms with Crippen LogP contribution in [0.5, 0.6) is 23.0 Å². The first-order valence-corrected chi connectivity index (χ1v) is 14.9. The van der Waals surface area contributed by atoms with Gasteiger partial charge in [-0.2, -0.15) is 22.9 Å². The van der Waals surface area contributed by atoms with E-state index in [1.165, 1.54) is 12.7 Å². The van der Waals surface area contributed by atoms with Crippen molar-refractivity contribution in [2.24, 2.45) is 0 Å². The van der Waals surface area contributed by atoms with Crippen LogP contribution in [0.4, 0.5) is 0 Å². The van der Waals surface area contributed by atoms with Gasteiger partial charge < -0.3 is 24.0 Å². The summed E-state index contributed by atoms with van der Waals surface area (Å²) in [6.45, 7) is 4.00. The molecule has 0 spiro atoms. The summed E-state index contributed by atoms with van der Waals surface area (Å²) < 4.78 is 14.7. The molecule has 0 aliphatic carbocycles. The van der Waals surface area contributed by atoms with Crippen LogP contribution >= 0.6 is 0 Å². The smallest absolute Gasteiger partial charge is 0.503 e. The minimum atomic E-state index is 0. The number of aromatic nitrogens is 6. The summed E-state index contributed by atoms with van der Waals surface area (Å²) in [5.41, 5.74) is 6.56. The average Bonchev–Trinajstić information content (AvgIpc) is 3.41. The van der Waals surface area contributed by atoms with Gasteiger partial charge in [0.15, 0.2) is 0 Å². The van der Waals surface area contributed by atoms with Gasteiger partial charge in [-0.15, -0.1) is 70.8 Å². The first kappa shape index (κ1) is 33.9. The van der Waals surface area contributed by atoms with Crippen molar-refractivity contribution in [2.45, 2.75) is 13.8 Å². The van der Waals surface area contributed by atoms with Crippen molar-refractivity contribution < 1.29 is 51.6 Å². The van der Waals surface area contributed by atoms with E-state index in [4.69, 9.17) is 9.47 Å². The van der Waals surface area contributed by atoms with E-state index in [9.17, 15) is 0 Å². The number of ether oxygens (including phenoxy) is 2. The SMILES string of the molecule is Cc1cc2c3cc(C)c(Oc4[c-]c(-c5ccccn5)ccc4)[c-]c3n(-c3ncncn3)c2[c-]c1Oc1[c-]c(-c2ccccn2)ccc1.[Pt+2].[Pt+2]. The zero-order valence-electron chi connectivity index (χ0n) is 26.0. The summed E-state index contributed by atoms with van der Waals surface area (Å²) in [6, 6.07) is 40.9. The number of nitrogens with zero attached hydrogens (tertiary/aromatic N) is 6. The number of pyridine rings is 2. The van der Waals surface area contributed by atoms with Gasteiger partial charge in [0.25, 0.3) is 0 Å². The molecular formula is C39H24N6O2Pt2. The van der Waals surface area contributed by atoms with Crippen molar-refractivity contribution in [1.82, 2.24) is 29.5 Å². The zero-order chi connectivity index (χ0) is 31.7. The van der Waals surface area contributed by atoms with Gasteiger partial charge in [-0.1, -0.05) is 61.3 Å². The molecule has 8 aromatic rings. The van der Waals surface area contributed by atoms with E-state index in [-0.39, 0.29) is 42.1 Å². The fourth-order valence-corrected chi connectivity index (χ4v) is 5.46. The normalized spacial score (nSPS) is 10.7. The minimum Gasteiger partial charge on any atom is -0.503 e. The molecule has 0 saturated carbocycles. The van der Waals surface area contributed by atoms with Gasteiger partial charge in [-0.25, -0.2) is 15.0 Å². The Labute approximate surface area is 311 Å². The van der Waals surface area contributed by atoms with Gasteiger partial charge in [0.2, 0.25) is 5.95 Å². The standard InChI is InChI=1S/C39H24N6O2.2Pt/c1-25-17-31-32-18-26(2)38(47-30-12-8-10-28(20-30)34-14-4-6-16-42-34)22-36(32)45(39-43-23-40-24-44-39)35(31)21-37(25)46-29-11-7-9-27(19-29)33-13-3-5-15-41-33;;/h3-18,23-24H,1-2H3;;/q-4;2*+2. The van der Waals surface area contributed by atoms with Gasteiger partial charge in [0.1, 0.15) is 12.7 Å². The summed E-state index contributed by atoms with van der Waals surface area (Å²) in [4.78, 5) is 21.9. The minimum absolute atomic E-state index is 0. The number of hydrogen-bond acceptors (Lipinski definition) is 7. The van der Waals surface area contributed by atoms with Crippen molar-refractivity contribution in [3.63, 3.8) is 0 Å². The summed E-state index contributed by atoms with van der Waals surface area (Å²) in [5, 5.41) is 1.90. The largest absolute Gasteiger partial charge is 2.00 e. The Morgan fingerprint density at radius 3 is 1.49 bits per heavy atom. The van der Waals surface area contributed by atoms with Crippen molar-refractivity contribution in [2.75, 3.05) is 0 Å². The molecule has 8 nitrogen and oxygen atoms in total. The maximum atomic E-state index is 6.39. The quantitative estimate of drug-likeness (QED) is 0.148. The van der Waals surface area contributed by atoms with Crippen LogP contribution in [0, 0.1) is 38.1 Å². The third-order valence-electron chi connectivity index (χ3n) is 7.67. The summed E-state index contributed by atoms with van der Waals surface area (Å²) in [7, 11) is 0. The van der Waals surface area contributed by atoms with Crippen molar-refractivity contribution in [3.8, 4) is 51.5 Å². The van der Waals surface area contributed by atoms with Crippen LogP contribution in [0.1, 0.15) is 11.1 Å². The molecule has 0 aliphatic rings. The predicted molar refractivity (Wildman–Crippen MR) is 178 cm³/mol. The molecule has 242 valence electrons. The first-order chi connectivity index (χ1) is 23.1. The molecule has 0 fully saturated rings. The molecule has 4 heterocycles. The molecule has 0 radical (unpaired) electrons. The van der Waals surface area contributed by atoms with E-state index in [1.54, 1.807) is 12.4 Å². The summed E-state index contributed by atoms with van der Waals surface area (Å²) in [5.74, 6) is 2.64. The van der Waals surface area contributed by atoms with E-state index in [0.717, 1.165) is 55.4 Å². The topological polar surface area (TPSA) is 87.8 Å². The van der Waals surface area contributed by atoms with Gasteiger partial charge in [0, 0.05) is 35.4 Å². The summed E-state index contributed by atoms with van der Waals surface area (Å²) in [6.07, 6.45) is 6.45. The maximum Gasteiger partial charge on any atom is 2.00 e. The molecule has 0 N–H and O–H groups in total. The second-order valence-corrected chi connectivity index (χ2v) is 10.9. The number of rotatable bonds is 7. The first-order valence-electron chi connectivity index (χ1n) is 14.9. The number of hydrogen-bond donors (Lipinski definition) is 0. The molecule has 0 atom stereocenters. The fourth-order valence-electron chi connectivity index (χ4n) is 5.46. The molecule has 0 unspecified atom stereocenters. The fraction of sp³-hybridized carbons (Fsp3) is 0.0513. The Kier molecular flexibility index (Phi) is 10.1. The third kappa shape index (κ3) is 6.80. The van der Waals surface area contributed by atoms with Crippen LogP contribution < -0.4 is 9.47 Å². The number of benzene rings is 4. The predicted octanol–water partition coefficient (Wildman–Crippen LogP) is 8.49. The number of aryl methyl sites for hydroxylation is 2. The third-order valence-corrected chi connectivity index (χ3v) is 7.67. The maximum absolute atomic E-state index is 6.39. The van der Waals surface area contributed by atoms with Gasteiger partial charge in [-0.3, -0.25) is 0 Å². The van der Waals surface area contributed by atoms with E-state index >= 15 is 0 Å². The van der Waals surface area contributed by atoms with E-state index < -0.39 is 0 Å². The molecule has 49 heavy (non-hydrogen) atoms. The average molecular weight is 999 g/mol. The van der Waals surface area contributed by atoms with Crippen molar-refractivity contribution in [1.29, 1.82) is 0 Å².